The van der Waals surface area contributed by atoms with Crippen molar-refractivity contribution < 1.29 is 0 Å². The summed E-state index contributed by atoms with van der Waals surface area (Å²) < 4.78 is 1.98. The van der Waals surface area contributed by atoms with Crippen molar-refractivity contribution in [2.75, 3.05) is 4.90 Å². The Morgan fingerprint density at radius 1 is 0.520 bits per heavy atom. The van der Waals surface area contributed by atoms with Crippen LogP contribution in [0.1, 0.15) is 25.0 Å². The lowest BCUT2D eigenvalue weighted by atomic mass is 9.33. The Balaban J connectivity index is 1.11. The van der Waals surface area contributed by atoms with E-state index in [4.69, 9.17) is 0 Å². The summed E-state index contributed by atoms with van der Waals surface area (Å²) in [5, 5.41) is 2.85. The van der Waals surface area contributed by atoms with Crippen LogP contribution in [0.15, 0.2) is 156 Å². The van der Waals surface area contributed by atoms with Gasteiger partial charge < -0.3 is 4.90 Å². The molecule has 11 rings (SSSR count). The summed E-state index contributed by atoms with van der Waals surface area (Å²) >= 11 is 0. The molecule has 3 nitrogen and oxygen atoms in total. The van der Waals surface area contributed by atoms with Gasteiger partial charge in [0.15, 0.2) is 0 Å². The fourth-order valence-electron chi connectivity index (χ4n) is 9.34. The fourth-order valence-corrected chi connectivity index (χ4v) is 9.34. The van der Waals surface area contributed by atoms with E-state index in [2.05, 4.69) is 146 Å². The summed E-state index contributed by atoms with van der Waals surface area (Å²) in [6.45, 7) is 4.68. The van der Waals surface area contributed by atoms with Crippen LogP contribution in [0.25, 0.3) is 49.6 Å². The molecule has 0 saturated carbocycles. The molecule has 2 aliphatic heterocycles. The van der Waals surface area contributed by atoms with E-state index in [9.17, 15) is 4.79 Å². The normalized spacial score (nSPS) is 14.4. The maximum Gasteiger partial charge on any atom is 0.263 e. The molecule has 1 aliphatic carbocycles. The third-order valence-electron chi connectivity index (χ3n) is 11.6. The first-order valence-corrected chi connectivity index (χ1v) is 17.4. The lowest BCUT2D eigenvalue weighted by Gasteiger charge is -2.40. The van der Waals surface area contributed by atoms with Crippen LogP contribution in [0.3, 0.4) is 0 Å². The Hall–Kier alpha value is -6.13. The Morgan fingerprint density at radius 3 is 1.98 bits per heavy atom. The van der Waals surface area contributed by atoms with Crippen LogP contribution in [0.5, 0.6) is 0 Å². The molecule has 0 amide bonds. The van der Waals surface area contributed by atoms with Crippen molar-refractivity contribution >= 4 is 61.8 Å². The Bertz CT molecular complexity index is 2830. The first kappa shape index (κ1) is 27.8. The number of aromatic nitrogens is 1. The Morgan fingerprint density at radius 2 is 1.16 bits per heavy atom. The number of benzene rings is 7. The topological polar surface area (TPSA) is 25.2 Å². The molecule has 8 aromatic rings. The van der Waals surface area contributed by atoms with E-state index in [1.807, 2.05) is 28.8 Å². The summed E-state index contributed by atoms with van der Waals surface area (Å²) in [6.07, 6.45) is 0. The SMILES string of the molecule is CC1(C)c2ccccc2-c2ccc(-c3ccc(N4c5ccccc5B5c6ccccc6-n6c(=O)c7ccccc7c7ccc4c5c76)cc3)cc21. The van der Waals surface area contributed by atoms with Crippen LogP contribution in [-0.4, -0.2) is 11.3 Å². The van der Waals surface area contributed by atoms with Crippen molar-refractivity contribution in [2.45, 2.75) is 19.3 Å². The number of rotatable bonds is 2. The summed E-state index contributed by atoms with van der Waals surface area (Å²) in [5.41, 5.74) is 16.8. The molecule has 4 heteroatoms. The van der Waals surface area contributed by atoms with E-state index >= 15 is 0 Å². The van der Waals surface area contributed by atoms with Crippen molar-refractivity contribution in [1.29, 1.82) is 0 Å². The van der Waals surface area contributed by atoms with E-state index in [-0.39, 0.29) is 17.7 Å². The Labute approximate surface area is 290 Å². The smallest absolute Gasteiger partial charge is 0.263 e. The van der Waals surface area contributed by atoms with Gasteiger partial charge in [-0.1, -0.05) is 123 Å². The van der Waals surface area contributed by atoms with E-state index in [1.165, 1.54) is 50.0 Å². The van der Waals surface area contributed by atoms with Crippen LogP contribution >= 0.6 is 0 Å². The third-order valence-corrected chi connectivity index (χ3v) is 11.6. The van der Waals surface area contributed by atoms with Gasteiger partial charge in [-0.05, 0) is 97.6 Å². The van der Waals surface area contributed by atoms with Gasteiger partial charge in [0, 0.05) is 38.9 Å². The molecular weight excluding hydrogens is 607 g/mol. The molecule has 50 heavy (non-hydrogen) atoms. The zero-order valence-corrected chi connectivity index (χ0v) is 27.8. The molecule has 0 spiro atoms. The van der Waals surface area contributed by atoms with Crippen molar-refractivity contribution in [3.63, 3.8) is 0 Å². The van der Waals surface area contributed by atoms with Gasteiger partial charge in [-0.3, -0.25) is 9.36 Å². The quantitative estimate of drug-likeness (QED) is 0.140. The predicted octanol–water partition coefficient (Wildman–Crippen LogP) is 8.73. The Kier molecular flexibility index (Phi) is 5.41. The average Bonchev–Trinajstić information content (AvgIpc) is 3.40. The number of pyridine rings is 1. The zero-order valence-electron chi connectivity index (χ0n) is 27.8. The molecule has 1 aromatic heterocycles. The summed E-state index contributed by atoms with van der Waals surface area (Å²) in [6, 6.07) is 54.5. The highest BCUT2D eigenvalue weighted by Gasteiger charge is 2.41. The summed E-state index contributed by atoms with van der Waals surface area (Å²) in [4.78, 5) is 16.7. The van der Waals surface area contributed by atoms with Crippen molar-refractivity contribution in [1.82, 2.24) is 4.57 Å². The number of hydrogen-bond donors (Lipinski definition) is 0. The van der Waals surface area contributed by atoms with Crippen LogP contribution < -0.4 is 26.8 Å². The van der Waals surface area contributed by atoms with Crippen LogP contribution in [0, 0.1) is 0 Å². The minimum atomic E-state index is -0.0435. The van der Waals surface area contributed by atoms with Crippen molar-refractivity contribution in [3.05, 3.63) is 173 Å². The molecular formula is C46H31BN2O. The van der Waals surface area contributed by atoms with Gasteiger partial charge in [-0.25, -0.2) is 0 Å². The maximum absolute atomic E-state index is 14.3. The molecule has 3 heterocycles. The second-order valence-electron chi connectivity index (χ2n) is 14.4. The van der Waals surface area contributed by atoms with Crippen LogP contribution in [0.2, 0.25) is 0 Å². The second-order valence-corrected chi connectivity index (χ2v) is 14.4. The van der Waals surface area contributed by atoms with Crippen molar-refractivity contribution in [3.8, 4) is 27.9 Å². The molecule has 234 valence electrons. The highest BCUT2D eigenvalue weighted by Crippen LogP contribution is 2.49. The van der Waals surface area contributed by atoms with E-state index in [0.717, 1.165) is 44.2 Å². The second kappa shape index (κ2) is 9.74. The molecule has 0 bridgehead atoms. The number of fused-ring (bicyclic) bond motifs is 10. The monoisotopic (exact) mass is 638 g/mol. The molecule has 0 atom stereocenters. The number of hydrogen-bond acceptors (Lipinski definition) is 2. The van der Waals surface area contributed by atoms with Gasteiger partial charge >= 0.3 is 0 Å². The molecule has 0 saturated heterocycles. The van der Waals surface area contributed by atoms with Gasteiger partial charge in [-0.2, -0.15) is 0 Å². The zero-order chi connectivity index (χ0) is 33.3. The summed E-state index contributed by atoms with van der Waals surface area (Å²) in [5.74, 6) is 0. The minimum Gasteiger partial charge on any atom is -0.311 e. The van der Waals surface area contributed by atoms with Gasteiger partial charge in [0.2, 0.25) is 0 Å². The molecule has 3 aliphatic rings. The van der Waals surface area contributed by atoms with E-state index < -0.39 is 0 Å². The molecule has 0 N–H and O–H groups in total. The van der Waals surface area contributed by atoms with Gasteiger partial charge in [0.25, 0.3) is 12.3 Å². The van der Waals surface area contributed by atoms with Crippen LogP contribution in [-0.2, 0) is 5.41 Å². The van der Waals surface area contributed by atoms with Gasteiger partial charge in [0.1, 0.15) is 0 Å². The number of anilines is 3. The van der Waals surface area contributed by atoms with Gasteiger partial charge in [0.05, 0.1) is 5.52 Å². The third kappa shape index (κ3) is 3.48. The first-order chi connectivity index (χ1) is 24.5. The van der Waals surface area contributed by atoms with Crippen molar-refractivity contribution in [2.24, 2.45) is 0 Å². The fraction of sp³-hybridized carbons (Fsp3) is 0.0652. The number of para-hydroxylation sites is 2. The highest BCUT2D eigenvalue weighted by atomic mass is 16.1. The molecule has 0 fully saturated rings. The predicted molar refractivity (Wildman–Crippen MR) is 209 cm³/mol. The largest absolute Gasteiger partial charge is 0.311 e. The van der Waals surface area contributed by atoms with Gasteiger partial charge in [-0.15, -0.1) is 0 Å². The standard InChI is InChI=1S/C46H31BN2O/c1-46(2)36-14-6-5-12-32(36)33-24-21-29(27-37(33)46)28-19-22-30(23-20-28)48-40-17-9-7-15-38(40)47-39-16-8-10-18-41(39)49-44-34(25-26-42(48)43(44)47)31-11-3-4-13-35(31)45(49)50/h3-27H,1-2H3. The molecule has 0 radical (unpaired) electrons. The summed E-state index contributed by atoms with van der Waals surface area (Å²) in [7, 11) is 0. The van der Waals surface area contributed by atoms with Crippen LogP contribution in [0.4, 0.5) is 17.1 Å². The van der Waals surface area contributed by atoms with E-state index in [1.54, 1.807) is 0 Å². The lowest BCUT2D eigenvalue weighted by molar-refractivity contribution is 0.660. The maximum atomic E-state index is 14.3. The highest BCUT2D eigenvalue weighted by molar-refractivity contribution is 7.00. The molecule has 0 unspecified atom stereocenters. The lowest BCUT2D eigenvalue weighted by Crippen LogP contribution is -2.61. The number of nitrogens with zero attached hydrogens (tertiary/aromatic N) is 2. The van der Waals surface area contributed by atoms with E-state index in [0.29, 0.717) is 0 Å². The molecule has 7 aromatic carbocycles. The first-order valence-electron chi connectivity index (χ1n) is 17.4. The minimum absolute atomic E-state index is 0.0103. The average molecular weight is 639 g/mol.